The lowest BCUT2D eigenvalue weighted by atomic mass is 9.76. The average molecular weight is 212 g/mol. The summed E-state index contributed by atoms with van der Waals surface area (Å²) in [5.41, 5.74) is 4.91. The number of aliphatic hydroxyl groups is 1. The molecule has 14 heavy (non-hydrogen) atoms. The third kappa shape index (κ3) is 1.53. The highest BCUT2D eigenvalue weighted by molar-refractivity contribution is 7.15. The average Bonchev–Trinajstić information content (AvgIpc) is 2.58. The number of anilines is 1. The maximum Gasteiger partial charge on any atom is 0.180 e. The van der Waals surface area contributed by atoms with E-state index in [0.717, 1.165) is 24.1 Å². The fourth-order valence-electron chi connectivity index (χ4n) is 2.18. The van der Waals surface area contributed by atoms with Crippen molar-refractivity contribution in [1.82, 2.24) is 4.98 Å². The van der Waals surface area contributed by atoms with Gasteiger partial charge in [0.05, 0.1) is 4.88 Å². The smallest absolute Gasteiger partial charge is 0.180 e. The van der Waals surface area contributed by atoms with Gasteiger partial charge in [-0.15, -0.1) is 0 Å². The van der Waals surface area contributed by atoms with Gasteiger partial charge in [0.1, 0.15) is 5.60 Å². The van der Waals surface area contributed by atoms with Crippen molar-refractivity contribution in [2.75, 3.05) is 5.73 Å². The summed E-state index contributed by atoms with van der Waals surface area (Å²) in [5.74, 6) is 0.316. The van der Waals surface area contributed by atoms with Crippen LogP contribution in [0, 0.1) is 5.92 Å². The molecular weight excluding hydrogens is 196 g/mol. The molecule has 3 nitrogen and oxygen atoms in total. The van der Waals surface area contributed by atoms with Gasteiger partial charge in [0.2, 0.25) is 0 Å². The van der Waals surface area contributed by atoms with Crippen LogP contribution in [0.1, 0.15) is 37.5 Å². The van der Waals surface area contributed by atoms with Gasteiger partial charge in [0.25, 0.3) is 0 Å². The Bertz CT molecular complexity index is 326. The fraction of sp³-hybridized carbons (Fsp3) is 0.700. The van der Waals surface area contributed by atoms with E-state index in [1.54, 1.807) is 6.20 Å². The largest absolute Gasteiger partial charge is 0.384 e. The monoisotopic (exact) mass is 212 g/mol. The Morgan fingerprint density at radius 3 is 3.00 bits per heavy atom. The van der Waals surface area contributed by atoms with Crippen LogP contribution < -0.4 is 5.73 Å². The molecule has 2 unspecified atom stereocenters. The summed E-state index contributed by atoms with van der Waals surface area (Å²) in [4.78, 5) is 4.94. The summed E-state index contributed by atoms with van der Waals surface area (Å²) in [6.07, 6.45) is 5.97. The van der Waals surface area contributed by atoms with Gasteiger partial charge in [-0.3, -0.25) is 0 Å². The van der Waals surface area contributed by atoms with Gasteiger partial charge in [0, 0.05) is 6.20 Å². The molecular formula is C10H16N2OS. The molecule has 0 radical (unpaired) electrons. The molecule has 1 aliphatic carbocycles. The molecule has 2 atom stereocenters. The molecule has 1 aromatic rings. The van der Waals surface area contributed by atoms with Crippen molar-refractivity contribution in [1.29, 1.82) is 0 Å². The second-order valence-corrected chi connectivity index (χ2v) is 5.20. The Balaban J connectivity index is 2.29. The highest BCUT2D eigenvalue weighted by Gasteiger charge is 2.39. The normalized spacial score (nSPS) is 33.1. The molecule has 1 aliphatic rings. The molecule has 0 aromatic carbocycles. The third-order valence-electron chi connectivity index (χ3n) is 3.21. The van der Waals surface area contributed by atoms with Crippen LogP contribution in [0.2, 0.25) is 0 Å². The van der Waals surface area contributed by atoms with E-state index in [4.69, 9.17) is 5.73 Å². The molecule has 1 aromatic heterocycles. The highest BCUT2D eigenvalue weighted by atomic mass is 32.1. The van der Waals surface area contributed by atoms with Crippen molar-refractivity contribution < 1.29 is 5.11 Å². The number of rotatable bonds is 1. The van der Waals surface area contributed by atoms with Crippen LogP contribution in [-0.2, 0) is 5.60 Å². The topological polar surface area (TPSA) is 59.1 Å². The van der Waals surface area contributed by atoms with E-state index in [9.17, 15) is 5.11 Å². The van der Waals surface area contributed by atoms with E-state index in [-0.39, 0.29) is 0 Å². The van der Waals surface area contributed by atoms with Crippen LogP contribution in [0.15, 0.2) is 6.20 Å². The van der Waals surface area contributed by atoms with Crippen LogP contribution in [0.5, 0.6) is 0 Å². The van der Waals surface area contributed by atoms with E-state index in [1.165, 1.54) is 17.8 Å². The van der Waals surface area contributed by atoms with E-state index in [2.05, 4.69) is 11.9 Å². The number of thiazole rings is 1. The Morgan fingerprint density at radius 1 is 1.64 bits per heavy atom. The first-order valence-corrected chi connectivity index (χ1v) is 5.89. The summed E-state index contributed by atoms with van der Waals surface area (Å²) in [6.45, 7) is 2.11. The Labute approximate surface area is 88.0 Å². The fourth-order valence-corrected chi connectivity index (χ4v) is 3.10. The number of hydrogen-bond donors (Lipinski definition) is 2. The maximum absolute atomic E-state index is 10.5. The minimum atomic E-state index is -0.673. The minimum absolute atomic E-state index is 0.316. The molecule has 78 valence electrons. The van der Waals surface area contributed by atoms with E-state index < -0.39 is 5.60 Å². The van der Waals surface area contributed by atoms with Gasteiger partial charge in [-0.25, -0.2) is 4.98 Å². The molecule has 0 bridgehead atoms. The minimum Gasteiger partial charge on any atom is -0.384 e. The third-order valence-corrected chi connectivity index (χ3v) is 4.20. The summed E-state index contributed by atoms with van der Waals surface area (Å²) in [5, 5.41) is 11.1. The second-order valence-electron chi connectivity index (χ2n) is 4.13. The van der Waals surface area contributed by atoms with Crippen molar-refractivity contribution in [2.45, 2.75) is 38.2 Å². The molecule has 3 N–H and O–H groups in total. The van der Waals surface area contributed by atoms with Crippen LogP contribution in [0.3, 0.4) is 0 Å². The predicted octanol–water partition coefficient (Wildman–Crippen LogP) is 2.12. The summed E-state index contributed by atoms with van der Waals surface area (Å²) >= 11 is 1.41. The van der Waals surface area contributed by atoms with Gasteiger partial charge in [-0.2, -0.15) is 0 Å². The first-order valence-electron chi connectivity index (χ1n) is 5.07. The molecule has 0 spiro atoms. The van der Waals surface area contributed by atoms with Gasteiger partial charge in [-0.05, 0) is 18.8 Å². The zero-order chi connectivity index (χ0) is 10.2. The SMILES string of the molecule is CC1CCCCC1(O)c1cnc(N)s1. The lowest BCUT2D eigenvalue weighted by Crippen LogP contribution is -2.35. The number of aromatic nitrogens is 1. The maximum atomic E-state index is 10.5. The van der Waals surface area contributed by atoms with Gasteiger partial charge < -0.3 is 10.8 Å². The Hall–Kier alpha value is -0.610. The van der Waals surface area contributed by atoms with Gasteiger partial charge >= 0.3 is 0 Å². The van der Waals surface area contributed by atoms with Crippen molar-refractivity contribution in [2.24, 2.45) is 5.92 Å². The van der Waals surface area contributed by atoms with E-state index in [1.807, 2.05) is 0 Å². The summed E-state index contributed by atoms with van der Waals surface area (Å²) in [7, 11) is 0. The molecule has 1 saturated carbocycles. The Morgan fingerprint density at radius 2 is 2.43 bits per heavy atom. The molecule has 0 saturated heterocycles. The molecule has 4 heteroatoms. The van der Waals surface area contributed by atoms with Crippen molar-refractivity contribution >= 4 is 16.5 Å². The first kappa shape index (κ1) is 9.93. The zero-order valence-corrected chi connectivity index (χ0v) is 9.18. The van der Waals surface area contributed by atoms with Crippen molar-refractivity contribution in [3.8, 4) is 0 Å². The summed E-state index contributed by atoms with van der Waals surface area (Å²) in [6, 6.07) is 0. The molecule has 1 heterocycles. The van der Waals surface area contributed by atoms with E-state index >= 15 is 0 Å². The lowest BCUT2D eigenvalue weighted by Gasteiger charge is -2.37. The van der Waals surface area contributed by atoms with Crippen LogP contribution in [0.4, 0.5) is 5.13 Å². The van der Waals surface area contributed by atoms with Crippen molar-refractivity contribution in [3.63, 3.8) is 0 Å². The predicted molar refractivity (Wildman–Crippen MR) is 58.1 cm³/mol. The number of nitrogen functional groups attached to an aromatic ring is 1. The summed E-state index contributed by atoms with van der Waals surface area (Å²) < 4.78 is 0. The lowest BCUT2D eigenvalue weighted by molar-refractivity contribution is -0.0439. The molecule has 2 rings (SSSR count). The number of nitrogens with zero attached hydrogens (tertiary/aromatic N) is 1. The second kappa shape index (κ2) is 3.51. The number of hydrogen-bond acceptors (Lipinski definition) is 4. The first-order chi connectivity index (χ1) is 6.63. The molecule has 0 amide bonds. The van der Waals surface area contributed by atoms with Crippen molar-refractivity contribution in [3.05, 3.63) is 11.1 Å². The zero-order valence-electron chi connectivity index (χ0n) is 8.36. The van der Waals surface area contributed by atoms with Crippen LogP contribution in [0.25, 0.3) is 0 Å². The number of nitrogens with two attached hydrogens (primary N) is 1. The quantitative estimate of drug-likeness (QED) is 0.749. The molecule has 0 aliphatic heterocycles. The highest BCUT2D eigenvalue weighted by Crippen LogP contribution is 2.43. The standard InChI is InChI=1S/C10H16N2OS/c1-7-4-2-3-5-10(7,13)8-6-12-9(11)14-8/h6-7,13H,2-5H2,1H3,(H2,11,12). The van der Waals surface area contributed by atoms with Gasteiger partial charge in [0.15, 0.2) is 5.13 Å². The van der Waals surface area contributed by atoms with Crippen LogP contribution in [-0.4, -0.2) is 10.1 Å². The Kier molecular flexibility index (Phi) is 2.49. The van der Waals surface area contributed by atoms with E-state index in [0.29, 0.717) is 11.0 Å². The molecule has 1 fully saturated rings. The van der Waals surface area contributed by atoms with Gasteiger partial charge in [-0.1, -0.05) is 31.1 Å². The van der Waals surface area contributed by atoms with Crippen LogP contribution >= 0.6 is 11.3 Å².